The molecule has 1 aliphatic rings. The SMILES string of the molecule is COCC1CCN(c2snc(N)c2S(C)(=O)=O)CC1. The van der Waals surface area contributed by atoms with Crippen LogP contribution in [0.5, 0.6) is 0 Å². The van der Waals surface area contributed by atoms with Crippen molar-refractivity contribution in [2.45, 2.75) is 17.7 Å². The lowest BCUT2D eigenvalue weighted by Crippen LogP contribution is -2.35. The van der Waals surface area contributed by atoms with Gasteiger partial charge in [0.2, 0.25) is 0 Å². The molecule has 0 atom stereocenters. The van der Waals surface area contributed by atoms with Crippen molar-refractivity contribution < 1.29 is 13.2 Å². The van der Waals surface area contributed by atoms with Crippen LogP contribution in [0.15, 0.2) is 4.90 Å². The average Bonchev–Trinajstić information content (AvgIpc) is 2.72. The second kappa shape index (κ2) is 5.64. The molecule has 0 amide bonds. The molecule has 1 aromatic heterocycles. The number of nitrogens with zero attached hydrogens (tertiary/aromatic N) is 2. The van der Waals surface area contributed by atoms with Gasteiger partial charge in [-0.3, -0.25) is 0 Å². The summed E-state index contributed by atoms with van der Waals surface area (Å²) in [5.41, 5.74) is 5.68. The summed E-state index contributed by atoms with van der Waals surface area (Å²) in [7, 11) is -1.63. The van der Waals surface area contributed by atoms with Crippen LogP contribution in [-0.4, -0.2) is 45.9 Å². The topological polar surface area (TPSA) is 85.5 Å². The minimum atomic E-state index is -3.34. The third kappa shape index (κ3) is 3.18. The van der Waals surface area contributed by atoms with Gasteiger partial charge in [0.05, 0.1) is 0 Å². The Morgan fingerprint density at radius 1 is 1.47 bits per heavy atom. The first-order chi connectivity index (χ1) is 8.93. The Labute approximate surface area is 117 Å². The van der Waals surface area contributed by atoms with Gasteiger partial charge < -0.3 is 15.4 Å². The van der Waals surface area contributed by atoms with Gasteiger partial charge in [0.1, 0.15) is 9.90 Å². The highest BCUT2D eigenvalue weighted by Gasteiger charge is 2.28. The summed E-state index contributed by atoms with van der Waals surface area (Å²) in [6.45, 7) is 2.40. The molecule has 108 valence electrons. The molecule has 0 saturated carbocycles. The van der Waals surface area contributed by atoms with Gasteiger partial charge in [0.25, 0.3) is 0 Å². The second-order valence-electron chi connectivity index (χ2n) is 4.86. The molecule has 0 spiro atoms. The second-order valence-corrected chi connectivity index (χ2v) is 7.56. The van der Waals surface area contributed by atoms with Crippen molar-refractivity contribution in [1.29, 1.82) is 0 Å². The van der Waals surface area contributed by atoms with E-state index in [4.69, 9.17) is 10.5 Å². The van der Waals surface area contributed by atoms with E-state index in [9.17, 15) is 8.42 Å². The monoisotopic (exact) mass is 305 g/mol. The fraction of sp³-hybridized carbons (Fsp3) is 0.727. The van der Waals surface area contributed by atoms with Crippen LogP contribution < -0.4 is 10.6 Å². The molecular weight excluding hydrogens is 286 g/mol. The summed E-state index contributed by atoms with van der Waals surface area (Å²) in [6.07, 6.45) is 3.16. The lowest BCUT2D eigenvalue weighted by atomic mass is 9.98. The van der Waals surface area contributed by atoms with Gasteiger partial charge in [0.15, 0.2) is 15.7 Å². The minimum absolute atomic E-state index is 0.113. The lowest BCUT2D eigenvalue weighted by Gasteiger charge is -2.32. The van der Waals surface area contributed by atoms with E-state index in [1.54, 1.807) is 7.11 Å². The Bertz CT molecular complexity index is 533. The molecule has 2 N–H and O–H groups in total. The quantitative estimate of drug-likeness (QED) is 0.893. The molecular formula is C11H19N3O3S2. The normalized spacial score (nSPS) is 17.9. The van der Waals surface area contributed by atoms with E-state index in [1.165, 1.54) is 6.26 Å². The molecule has 2 rings (SSSR count). The first-order valence-corrected chi connectivity index (χ1v) is 8.79. The standard InChI is InChI=1S/C11H19N3O3S2/c1-17-7-8-3-5-14(6-4-8)11-9(19(2,15)16)10(12)13-18-11/h8H,3-7H2,1-2H3,(H2,12,13). The van der Waals surface area contributed by atoms with E-state index in [1.807, 2.05) is 0 Å². The first-order valence-electron chi connectivity index (χ1n) is 6.12. The van der Waals surface area contributed by atoms with Crippen molar-refractivity contribution in [2.75, 3.05) is 43.7 Å². The van der Waals surface area contributed by atoms with Gasteiger partial charge in [-0.15, -0.1) is 0 Å². The van der Waals surface area contributed by atoms with Crippen LogP contribution in [0, 0.1) is 5.92 Å². The molecule has 0 bridgehead atoms. The fourth-order valence-electron chi connectivity index (χ4n) is 2.37. The summed E-state index contributed by atoms with van der Waals surface area (Å²) in [5, 5.41) is 0.677. The van der Waals surface area contributed by atoms with Gasteiger partial charge in [-0.05, 0) is 30.3 Å². The maximum Gasteiger partial charge on any atom is 0.182 e. The molecule has 8 heteroatoms. The number of rotatable bonds is 4. The van der Waals surface area contributed by atoms with Crippen LogP contribution in [0.25, 0.3) is 0 Å². The molecule has 1 aromatic rings. The van der Waals surface area contributed by atoms with Crippen molar-refractivity contribution in [3.8, 4) is 0 Å². The van der Waals surface area contributed by atoms with Crippen LogP contribution in [-0.2, 0) is 14.6 Å². The summed E-state index contributed by atoms with van der Waals surface area (Å²) in [6, 6.07) is 0. The molecule has 2 heterocycles. The van der Waals surface area contributed by atoms with E-state index >= 15 is 0 Å². The number of piperidine rings is 1. The van der Waals surface area contributed by atoms with Gasteiger partial charge in [-0.1, -0.05) is 0 Å². The molecule has 1 aliphatic heterocycles. The van der Waals surface area contributed by atoms with Crippen molar-refractivity contribution in [1.82, 2.24) is 4.37 Å². The van der Waals surface area contributed by atoms with E-state index in [0.29, 0.717) is 10.9 Å². The first kappa shape index (κ1) is 14.5. The van der Waals surface area contributed by atoms with E-state index < -0.39 is 9.84 Å². The highest BCUT2D eigenvalue weighted by atomic mass is 32.2. The number of hydrogen-bond acceptors (Lipinski definition) is 7. The third-order valence-electron chi connectivity index (χ3n) is 3.33. The van der Waals surface area contributed by atoms with Crippen LogP contribution in [0.1, 0.15) is 12.8 Å². The molecule has 6 nitrogen and oxygen atoms in total. The number of anilines is 2. The smallest absolute Gasteiger partial charge is 0.182 e. The number of sulfone groups is 1. The minimum Gasteiger partial charge on any atom is -0.384 e. The van der Waals surface area contributed by atoms with Gasteiger partial charge in [-0.2, -0.15) is 4.37 Å². The van der Waals surface area contributed by atoms with E-state index in [-0.39, 0.29) is 10.7 Å². The largest absolute Gasteiger partial charge is 0.384 e. The molecule has 0 radical (unpaired) electrons. The average molecular weight is 305 g/mol. The van der Waals surface area contributed by atoms with Crippen molar-refractivity contribution in [3.05, 3.63) is 0 Å². The Kier molecular flexibility index (Phi) is 4.32. The number of aromatic nitrogens is 1. The predicted molar refractivity (Wildman–Crippen MR) is 76.4 cm³/mol. The van der Waals surface area contributed by atoms with E-state index in [2.05, 4.69) is 9.27 Å². The molecule has 0 unspecified atom stereocenters. The lowest BCUT2D eigenvalue weighted by molar-refractivity contribution is 0.139. The molecule has 1 saturated heterocycles. The zero-order valence-corrected chi connectivity index (χ0v) is 12.8. The summed E-state index contributed by atoms with van der Waals surface area (Å²) < 4.78 is 32.7. The summed E-state index contributed by atoms with van der Waals surface area (Å²) >= 11 is 1.16. The van der Waals surface area contributed by atoms with Crippen molar-refractivity contribution in [2.24, 2.45) is 5.92 Å². The molecule has 19 heavy (non-hydrogen) atoms. The van der Waals surface area contributed by atoms with Crippen molar-refractivity contribution >= 4 is 32.2 Å². The summed E-state index contributed by atoms with van der Waals surface area (Å²) in [5.74, 6) is 0.662. The highest BCUT2D eigenvalue weighted by Crippen LogP contribution is 2.36. The third-order valence-corrected chi connectivity index (χ3v) is 5.53. The molecule has 1 fully saturated rings. The molecule has 0 aliphatic carbocycles. The number of nitrogen functional groups attached to an aromatic ring is 1. The summed E-state index contributed by atoms with van der Waals surface area (Å²) in [4.78, 5) is 2.25. The fourth-order valence-corrected chi connectivity index (χ4v) is 4.63. The number of hydrogen-bond donors (Lipinski definition) is 1. The van der Waals surface area contributed by atoms with Crippen molar-refractivity contribution in [3.63, 3.8) is 0 Å². The number of ether oxygens (including phenoxy) is 1. The van der Waals surface area contributed by atoms with Crippen LogP contribution >= 0.6 is 11.5 Å². The predicted octanol–water partition coefficient (Wildman–Crippen LogP) is 0.992. The Morgan fingerprint density at radius 3 is 2.63 bits per heavy atom. The van der Waals surface area contributed by atoms with Gasteiger partial charge in [0, 0.05) is 33.1 Å². The Morgan fingerprint density at radius 2 is 2.11 bits per heavy atom. The molecule has 0 aromatic carbocycles. The maximum atomic E-state index is 11.8. The Balaban J connectivity index is 2.17. The van der Waals surface area contributed by atoms with Crippen LogP contribution in [0.4, 0.5) is 10.8 Å². The highest BCUT2D eigenvalue weighted by molar-refractivity contribution is 7.91. The number of nitrogens with two attached hydrogens (primary N) is 1. The van der Waals surface area contributed by atoms with Gasteiger partial charge in [-0.25, -0.2) is 8.42 Å². The maximum absolute atomic E-state index is 11.8. The van der Waals surface area contributed by atoms with Gasteiger partial charge >= 0.3 is 0 Å². The van der Waals surface area contributed by atoms with E-state index in [0.717, 1.165) is 44.1 Å². The van der Waals surface area contributed by atoms with Crippen LogP contribution in [0.2, 0.25) is 0 Å². The zero-order chi connectivity index (χ0) is 14.0. The van der Waals surface area contributed by atoms with Crippen LogP contribution in [0.3, 0.4) is 0 Å². The zero-order valence-electron chi connectivity index (χ0n) is 11.1. The Hall–Kier alpha value is -0.860. The number of methoxy groups -OCH3 is 1.